The van der Waals surface area contributed by atoms with Crippen LogP contribution in [0.25, 0.3) is 16.9 Å². The summed E-state index contributed by atoms with van der Waals surface area (Å²) in [5.41, 5.74) is 3.14. The first-order valence-electron chi connectivity index (χ1n) is 9.45. The zero-order chi connectivity index (χ0) is 21.8. The van der Waals surface area contributed by atoms with Crippen LogP contribution < -0.4 is 5.32 Å². The van der Waals surface area contributed by atoms with Gasteiger partial charge >= 0.3 is 5.97 Å². The van der Waals surface area contributed by atoms with E-state index in [1.807, 2.05) is 29.6 Å². The smallest absolute Gasteiger partial charge is 0.306 e. The van der Waals surface area contributed by atoms with E-state index >= 15 is 0 Å². The van der Waals surface area contributed by atoms with Crippen LogP contribution in [0, 0.1) is 0 Å². The third-order valence-corrected chi connectivity index (χ3v) is 5.51. The molecule has 3 heterocycles. The maximum absolute atomic E-state index is 12.7. The molecule has 0 saturated heterocycles. The lowest BCUT2D eigenvalue weighted by atomic mass is 10.1. The van der Waals surface area contributed by atoms with E-state index in [1.165, 1.54) is 24.6 Å². The van der Waals surface area contributed by atoms with Gasteiger partial charge in [0.25, 0.3) is 0 Å². The third kappa shape index (κ3) is 4.36. The molecule has 4 aromatic rings. The molecule has 0 bridgehead atoms. The van der Waals surface area contributed by atoms with E-state index in [0.717, 1.165) is 11.3 Å². The highest BCUT2D eigenvalue weighted by molar-refractivity contribution is 7.12. The Morgan fingerprint density at radius 3 is 2.61 bits per heavy atom. The first-order chi connectivity index (χ1) is 15.1. The number of hydrogen-bond acceptors (Lipinski definition) is 7. The molecule has 3 aromatic heterocycles. The number of rotatable bonds is 7. The maximum Gasteiger partial charge on any atom is 0.306 e. The van der Waals surface area contributed by atoms with Crippen molar-refractivity contribution in [3.8, 4) is 11.3 Å². The highest BCUT2D eigenvalue weighted by Crippen LogP contribution is 2.24. The van der Waals surface area contributed by atoms with Gasteiger partial charge in [-0.1, -0.05) is 18.2 Å². The van der Waals surface area contributed by atoms with Gasteiger partial charge in [-0.25, -0.2) is 9.50 Å². The summed E-state index contributed by atoms with van der Waals surface area (Å²) >= 11 is 1.38. The van der Waals surface area contributed by atoms with Gasteiger partial charge in [0.15, 0.2) is 5.65 Å². The summed E-state index contributed by atoms with van der Waals surface area (Å²) in [7, 11) is 1.29. The van der Waals surface area contributed by atoms with E-state index < -0.39 is 5.97 Å². The SMILES string of the molecule is COC(=O)CCC(=O)Nc1ccc(-c2ccnc3c(C(=O)c4cccs4)cnn23)cc1. The van der Waals surface area contributed by atoms with Gasteiger partial charge in [-0.2, -0.15) is 5.10 Å². The van der Waals surface area contributed by atoms with Crippen LogP contribution in [0.2, 0.25) is 0 Å². The number of anilines is 1. The van der Waals surface area contributed by atoms with Crippen LogP contribution in [0.15, 0.2) is 60.2 Å². The fraction of sp³-hybridized carbons (Fsp3) is 0.136. The molecular weight excluding hydrogens is 416 g/mol. The van der Waals surface area contributed by atoms with Crippen molar-refractivity contribution in [3.63, 3.8) is 0 Å². The van der Waals surface area contributed by atoms with Gasteiger partial charge in [0.1, 0.15) is 0 Å². The molecule has 31 heavy (non-hydrogen) atoms. The lowest BCUT2D eigenvalue weighted by Crippen LogP contribution is -2.13. The van der Waals surface area contributed by atoms with Crippen LogP contribution >= 0.6 is 11.3 Å². The molecule has 0 aliphatic carbocycles. The topological polar surface area (TPSA) is 103 Å². The van der Waals surface area contributed by atoms with E-state index in [4.69, 9.17) is 0 Å². The number of aromatic nitrogens is 3. The van der Waals surface area contributed by atoms with E-state index in [-0.39, 0.29) is 24.5 Å². The minimum atomic E-state index is -0.427. The Morgan fingerprint density at radius 1 is 1.10 bits per heavy atom. The molecule has 1 N–H and O–H groups in total. The molecule has 0 aliphatic heterocycles. The molecule has 0 atom stereocenters. The van der Waals surface area contributed by atoms with Crippen LogP contribution in [-0.2, 0) is 14.3 Å². The average Bonchev–Trinajstić information content (AvgIpc) is 3.47. The van der Waals surface area contributed by atoms with E-state index in [0.29, 0.717) is 21.8 Å². The van der Waals surface area contributed by atoms with Crippen molar-refractivity contribution in [3.05, 3.63) is 70.7 Å². The number of hydrogen-bond donors (Lipinski definition) is 1. The predicted molar refractivity (Wildman–Crippen MR) is 116 cm³/mol. The first-order valence-corrected chi connectivity index (χ1v) is 10.3. The summed E-state index contributed by atoms with van der Waals surface area (Å²) in [6.07, 6.45) is 3.25. The highest BCUT2D eigenvalue weighted by atomic mass is 32.1. The van der Waals surface area contributed by atoms with Gasteiger partial charge in [0.2, 0.25) is 11.7 Å². The van der Waals surface area contributed by atoms with Crippen LogP contribution in [0.4, 0.5) is 5.69 Å². The molecule has 1 aromatic carbocycles. The zero-order valence-electron chi connectivity index (χ0n) is 16.6. The Balaban J connectivity index is 1.55. The van der Waals surface area contributed by atoms with Crippen molar-refractivity contribution in [1.82, 2.24) is 14.6 Å². The number of benzene rings is 1. The molecule has 156 valence electrons. The standard InChI is InChI=1S/C22H18N4O4S/c1-30-20(28)9-8-19(27)25-15-6-4-14(5-7-15)17-10-11-23-22-16(13-24-26(17)22)21(29)18-3-2-12-31-18/h2-7,10-13H,8-9H2,1H3,(H,25,27). The second-order valence-electron chi connectivity index (χ2n) is 6.63. The highest BCUT2D eigenvalue weighted by Gasteiger charge is 2.18. The predicted octanol–water partition coefficient (Wildman–Crippen LogP) is 3.58. The molecule has 4 rings (SSSR count). The van der Waals surface area contributed by atoms with Crippen LogP contribution in [-0.4, -0.2) is 39.4 Å². The quantitative estimate of drug-likeness (QED) is 0.352. The van der Waals surface area contributed by atoms with Crippen molar-refractivity contribution in [2.45, 2.75) is 12.8 Å². The summed E-state index contributed by atoms with van der Waals surface area (Å²) < 4.78 is 6.17. The minimum Gasteiger partial charge on any atom is -0.469 e. The summed E-state index contributed by atoms with van der Waals surface area (Å²) in [6.45, 7) is 0. The molecule has 0 spiro atoms. The number of nitrogens with one attached hydrogen (secondary N) is 1. The second-order valence-corrected chi connectivity index (χ2v) is 7.58. The number of nitrogens with zero attached hydrogens (tertiary/aromatic N) is 3. The molecule has 0 radical (unpaired) electrons. The molecule has 0 aliphatic rings. The lowest BCUT2D eigenvalue weighted by molar-refractivity contribution is -0.141. The third-order valence-electron chi connectivity index (χ3n) is 4.64. The van der Waals surface area contributed by atoms with Gasteiger partial charge in [-0.3, -0.25) is 14.4 Å². The Hall–Kier alpha value is -3.85. The molecule has 0 unspecified atom stereocenters. The van der Waals surface area contributed by atoms with Gasteiger partial charge in [0.05, 0.1) is 35.9 Å². The van der Waals surface area contributed by atoms with Crippen molar-refractivity contribution in [2.75, 3.05) is 12.4 Å². The Labute approximate surface area is 181 Å². The van der Waals surface area contributed by atoms with E-state index in [2.05, 4.69) is 20.1 Å². The van der Waals surface area contributed by atoms with Crippen LogP contribution in [0.1, 0.15) is 28.1 Å². The average molecular weight is 434 g/mol. The molecule has 9 heteroatoms. The normalized spacial score (nSPS) is 10.7. The maximum atomic E-state index is 12.7. The number of methoxy groups -OCH3 is 1. The zero-order valence-corrected chi connectivity index (χ0v) is 17.4. The second kappa shape index (κ2) is 8.88. The van der Waals surface area contributed by atoms with Gasteiger partial charge in [-0.05, 0) is 29.6 Å². The summed E-state index contributed by atoms with van der Waals surface area (Å²) in [4.78, 5) is 40.8. The van der Waals surface area contributed by atoms with Crippen molar-refractivity contribution in [2.24, 2.45) is 0 Å². The van der Waals surface area contributed by atoms with E-state index in [9.17, 15) is 14.4 Å². The summed E-state index contributed by atoms with van der Waals surface area (Å²) in [5.74, 6) is -0.809. The lowest BCUT2D eigenvalue weighted by Gasteiger charge is -2.08. The largest absolute Gasteiger partial charge is 0.469 e. The van der Waals surface area contributed by atoms with Crippen molar-refractivity contribution >= 4 is 40.3 Å². The number of thiophene rings is 1. The number of carbonyl (C=O) groups is 3. The summed E-state index contributed by atoms with van der Waals surface area (Å²) in [5, 5.41) is 8.97. The molecule has 0 fully saturated rings. The van der Waals surface area contributed by atoms with Gasteiger partial charge in [-0.15, -0.1) is 11.3 Å². The van der Waals surface area contributed by atoms with E-state index in [1.54, 1.807) is 28.9 Å². The summed E-state index contributed by atoms with van der Waals surface area (Å²) in [6, 6.07) is 12.6. The van der Waals surface area contributed by atoms with Crippen molar-refractivity contribution < 1.29 is 19.1 Å². The first kappa shape index (κ1) is 20.4. The molecule has 0 saturated carbocycles. The van der Waals surface area contributed by atoms with Crippen LogP contribution in [0.3, 0.4) is 0 Å². The van der Waals surface area contributed by atoms with Crippen LogP contribution in [0.5, 0.6) is 0 Å². The van der Waals surface area contributed by atoms with Crippen molar-refractivity contribution in [1.29, 1.82) is 0 Å². The molecule has 1 amide bonds. The van der Waals surface area contributed by atoms with Gasteiger partial charge < -0.3 is 10.1 Å². The molecule has 8 nitrogen and oxygen atoms in total. The number of ketones is 1. The number of amides is 1. The number of fused-ring (bicyclic) bond motifs is 1. The minimum absolute atomic E-state index is 0.0290. The monoisotopic (exact) mass is 434 g/mol. The Morgan fingerprint density at radius 2 is 1.90 bits per heavy atom. The van der Waals surface area contributed by atoms with Gasteiger partial charge in [0, 0.05) is 23.9 Å². The fourth-order valence-electron chi connectivity index (χ4n) is 3.08. The number of esters is 1. The Kier molecular flexibility index (Phi) is 5.85. The Bertz CT molecular complexity index is 1250. The molecular formula is C22H18N4O4S. The number of carbonyl (C=O) groups excluding carboxylic acids is 3. The number of ether oxygens (including phenoxy) is 1. The fourth-order valence-corrected chi connectivity index (χ4v) is 3.75.